The number of ether oxygens (including phenoxy) is 1. The summed E-state index contributed by atoms with van der Waals surface area (Å²) in [5.41, 5.74) is 0.648. The zero-order valence-electron chi connectivity index (χ0n) is 12.8. The van der Waals surface area contributed by atoms with Crippen LogP contribution in [0, 0.1) is 11.7 Å². The minimum atomic E-state index is -1.59. The lowest BCUT2D eigenvalue weighted by Gasteiger charge is -2.30. The van der Waals surface area contributed by atoms with Gasteiger partial charge in [-0.1, -0.05) is 12.1 Å². The van der Waals surface area contributed by atoms with E-state index in [1.165, 1.54) is 41.4 Å². The lowest BCUT2D eigenvalue weighted by atomic mass is 10.0. The molecule has 1 aromatic heterocycles. The molecule has 0 fully saturated rings. The minimum absolute atomic E-state index is 0.0554. The van der Waals surface area contributed by atoms with E-state index < -0.39 is 29.5 Å². The second-order valence-corrected chi connectivity index (χ2v) is 5.18. The first-order valence-corrected chi connectivity index (χ1v) is 7.33. The fraction of sp³-hybridized carbons (Fsp3) is 0.250. The molecule has 1 unspecified atom stereocenters. The number of nitrogens with zero attached hydrogens (tertiary/aromatic N) is 3. The number of benzene rings is 1. The first kappa shape index (κ1) is 15.9. The Labute approximate surface area is 136 Å². The third-order valence-electron chi connectivity index (χ3n) is 3.64. The van der Waals surface area contributed by atoms with Crippen molar-refractivity contribution in [2.45, 2.75) is 13.5 Å². The zero-order chi connectivity index (χ0) is 17.3. The van der Waals surface area contributed by atoms with Gasteiger partial charge in [0.2, 0.25) is 5.92 Å². The number of fused-ring (bicyclic) bond motifs is 1. The predicted molar refractivity (Wildman–Crippen MR) is 80.6 cm³/mol. The summed E-state index contributed by atoms with van der Waals surface area (Å²) in [6.07, 6.45) is 1.37. The van der Waals surface area contributed by atoms with Gasteiger partial charge in [-0.15, -0.1) is 0 Å². The number of aromatic nitrogens is 2. The standard InChI is InChI=1S/C16H14FN3O4/c1-2-24-16(23)13-14(21)19(9-10-3-5-11(17)6-4-10)12-7-8-18-20(12)15(13)22/h3-8,13H,2,9H2,1H3. The van der Waals surface area contributed by atoms with Gasteiger partial charge in [-0.2, -0.15) is 9.78 Å². The number of rotatable bonds is 4. The lowest BCUT2D eigenvalue weighted by Crippen LogP contribution is -2.51. The zero-order valence-corrected chi connectivity index (χ0v) is 12.8. The van der Waals surface area contributed by atoms with Crippen LogP contribution in [0.5, 0.6) is 0 Å². The summed E-state index contributed by atoms with van der Waals surface area (Å²) in [4.78, 5) is 38.3. The van der Waals surface area contributed by atoms with Gasteiger partial charge in [0.15, 0.2) is 0 Å². The van der Waals surface area contributed by atoms with Crippen LogP contribution in [0.1, 0.15) is 17.3 Å². The van der Waals surface area contributed by atoms with Gasteiger partial charge in [-0.3, -0.25) is 19.3 Å². The molecule has 3 rings (SSSR count). The molecule has 24 heavy (non-hydrogen) atoms. The highest BCUT2D eigenvalue weighted by Crippen LogP contribution is 2.27. The van der Waals surface area contributed by atoms with Crippen molar-refractivity contribution >= 4 is 23.6 Å². The Hall–Kier alpha value is -3.03. The number of anilines is 1. The Kier molecular flexibility index (Phi) is 4.11. The van der Waals surface area contributed by atoms with Crippen molar-refractivity contribution in [2.75, 3.05) is 11.5 Å². The van der Waals surface area contributed by atoms with Gasteiger partial charge in [0, 0.05) is 6.07 Å². The van der Waals surface area contributed by atoms with E-state index in [0.717, 1.165) is 4.68 Å². The van der Waals surface area contributed by atoms with Gasteiger partial charge < -0.3 is 4.74 Å². The van der Waals surface area contributed by atoms with Crippen molar-refractivity contribution in [1.82, 2.24) is 9.78 Å². The van der Waals surface area contributed by atoms with Crippen LogP contribution in [-0.2, 0) is 20.9 Å². The summed E-state index contributed by atoms with van der Waals surface area (Å²) in [6.45, 7) is 1.72. The number of hydrogen-bond donors (Lipinski definition) is 0. The number of carbonyl (C=O) groups is 3. The normalized spacial score (nSPS) is 16.9. The van der Waals surface area contributed by atoms with Crippen LogP contribution < -0.4 is 4.90 Å². The van der Waals surface area contributed by atoms with Gasteiger partial charge in [0.05, 0.1) is 19.3 Å². The third-order valence-corrected chi connectivity index (χ3v) is 3.64. The third kappa shape index (κ3) is 2.66. The van der Waals surface area contributed by atoms with E-state index in [2.05, 4.69) is 5.10 Å². The fourth-order valence-corrected chi connectivity index (χ4v) is 2.53. The quantitative estimate of drug-likeness (QED) is 0.625. The van der Waals surface area contributed by atoms with Crippen LogP contribution in [0.2, 0.25) is 0 Å². The summed E-state index contributed by atoms with van der Waals surface area (Å²) < 4.78 is 18.9. The molecule has 1 aliphatic heterocycles. The number of halogens is 1. The van der Waals surface area contributed by atoms with Crippen molar-refractivity contribution in [3.05, 3.63) is 47.9 Å². The Morgan fingerprint density at radius 3 is 2.58 bits per heavy atom. The molecule has 1 aromatic carbocycles. The smallest absolute Gasteiger partial charge is 0.328 e. The molecule has 2 aromatic rings. The number of carbonyl (C=O) groups excluding carboxylic acids is 3. The van der Waals surface area contributed by atoms with Crippen LogP contribution in [0.15, 0.2) is 36.5 Å². The predicted octanol–water partition coefficient (Wildman–Crippen LogP) is 1.39. The van der Waals surface area contributed by atoms with Crippen LogP contribution in [0.4, 0.5) is 10.2 Å². The van der Waals surface area contributed by atoms with Crippen molar-refractivity contribution in [3.8, 4) is 0 Å². The van der Waals surface area contributed by atoms with Crippen LogP contribution in [-0.4, -0.2) is 34.2 Å². The second-order valence-electron chi connectivity index (χ2n) is 5.18. The van der Waals surface area contributed by atoms with Gasteiger partial charge >= 0.3 is 5.97 Å². The molecule has 0 saturated carbocycles. The average molecular weight is 331 g/mol. The van der Waals surface area contributed by atoms with E-state index in [1.54, 1.807) is 6.92 Å². The summed E-state index contributed by atoms with van der Waals surface area (Å²) in [5, 5.41) is 3.88. The molecule has 2 heterocycles. The van der Waals surface area contributed by atoms with Gasteiger partial charge in [0.1, 0.15) is 11.6 Å². The first-order chi connectivity index (χ1) is 11.5. The fourth-order valence-electron chi connectivity index (χ4n) is 2.53. The summed E-state index contributed by atoms with van der Waals surface area (Å²) in [5.74, 6) is -4.05. The van der Waals surface area contributed by atoms with E-state index >= 15 is 0 Å². The highest BCUT2D eigenvalue weighted by atomic mass is 19.1. The van der Waals surface area contributed by atoms with Gasteiger partial charge in [-0.25, -0.2) is 4.39 Å². The van der Waals surface area contributed by atoms with E-state index in [4.69, 9.17) is 4.74 Å². The highest BCUT2D eigenvalue weighted by Gasteiger charge is 2.45. The minimum Gasteiger partial charge on any atom is -0.465 e. The second kappa shape index (κ2) is 6.23. The van der Waals surface area contributed by atoms with Crippen LogP contribution >= 0.6 is 0 Å². The summed E-state index contributed by atoms with van der Waals surface area (Å²) in [7, 11) is 0. The molecule has 1 aliphatic rings. The summed E-state index contributed by atoms with van der Waals surface area (Å²) >= 11 is 0. The Balaban J connectivity index is 1.97. The molecule has 124 valence electrons. The maximum Gasteiger partial charge on any atom is 0.328 e. The molecule has 0 radical (unpaired) electrons. The highest BCUT2D eigenvalue weighted by molar-refractivity contribution is 6.23. The maximum atomic E-state index is 13.0. The van der Waals surface area contributed by atoms with Crippen molar-refractivity contribution in [3.63, 3.8) is 0 Å². The monoisotopic (exact) mass is 331 g/mol. The SMILES string of the molecule is CCOC(=O)C1C(=O)N(Cc2ccc(F)cc2)c2ccnn2C1=O. The number of esters is 1. The molecule has 0 spiro atoms. The molecule has 8 heteroatoms. The van der Waals surface area contributed by atoms with E-state index in [9.17, 15) is 18.8 Å². The Morgan fingerprint density at radius 1 is 1.21 bits per heavy atom. The van der Waals surface area contributed by atoms with Gasteiger partial charge in [-0.05, 0) is 24.6 Å². The molecule has 0 saturated heterocycles. The molecule has 1 atom stereocenters. The van der Waals surface area contributed by atoms with Crippen molar-refractivity contribution in [2.24, 2.45) is 5.92 Å². The first-order valence-electron chi connectivity index (χ1n) is 7.33. The maximum absolute atomic E-state index is 13.0. The largest absolute Gasteiger partial charge is 0.465 e. The molecule has 0 bridgehead atoms. The molecule has 0 N–H and O–H groups in total. The van der Waals surface area contributed by atoms with E-state index in [0.29, 0.717) is 5.56 Å². The lowest BCUT2D eigenvalue weighted by molar-refractivity contribution is -0.149. The summed E-state index contributed by atoms with van der Waals surface area (Å²) in [6, 6.07) is 7.10. The molecular formula is C16H14FN3O4. The molecule has 7 nitrogen and oxygen atoms in total. The van der Waals surface area contributed by atoms with Crippen molar-refractivity contribution in [1.29, 1.82) is 0 Å². The molecule has 1 amide bonds. The Morgan fingerprint density at radius 2 is 1.92 bits per heavy atom. The van der Waals surface area contributed by atoms with Crippen LogP contribution in [0.3, 0.4) is 0 Å². The Bertz CT molecular complexity index is 800. The molecular weight excluding hydrogens is 317 g/mol. The van der Waals surface area contributed by atoms with E-state index in [-0.39, 0.29) is 19.0 Å². The van der Waals surface area contributed by atoms with Crippen LogP contribution in [0.25, 0.3) is 0 Å². The van der Waals surface area contributed by atoms with E-state index in [1.807, 2.05) is 0 Å². The number of amides is 1. The van der Waals surface area contributed by atoms with Crippen molar-refractivity contribution < 1.29 is 23.5 Å². The topological polar surface area (TPSA) is 81.5 Å². The average Bonchev–Trinajstić information content (AvgIpc) is 3.03. The molecule has 0 aliphatic carbocycles. The number of hydrogen-bond acceptors (Lipinski definition) is 5. The van der Waals surface area contributed by atoms with Gasteiger partial charge in [0.25, 0.3) is 11.8 Å².